The first kappa shape index (κ1) is 16.2. The van der Waals surface area contributed by atoms with Crippen molar-refractivity contribution >= 4 is 17.9 Å². The van der Waals surface area contributed by atoms with Crippen LogP contribution in [0.3, 0.4) is 0 Å². The second-order valence-corrected chi connectivity index (χ2v) is 4.28. The molecule has 0 bridgehead atoms. The molecule has 0 spiro atoms. The van der Waals surface area contributed by atoms with E-state index < -0.39 is 17.9 Å². The van der Waals surface area contributed by atoms with Crippen LogP contribution in [0, 0.1) is 0 Å². The molecule has 0 N–H and O–H groups in total. The SMILES string of the molecule is C=C(C)C(=O)OCCOC(=O)CCC(=O)OCC1CO1. The summed E-state index contributed by atoms with van der Waals surface area (Å²) in [6.07, 6.45) is -0.107. The number of hydrogen-bond donors (Lipinski definition) is 0. The van der Waals surface area contributed by atoms with E-state index in [2.05, 4.69) is 6.58 Å². The molecular formula is C13H18O7. The van der Waals surface area contributed by atoms with Crippen molar-refractivity contribution in [1.29, 1.82) is 0 Å². The molecule has 112 valence electrons. The Kier molecular flexibility index (Phi) is 6.72. The number of ether oxygens (including phenoxy) is 4. The maximum Gasteiger partial charge on any atom is 0.333 e. The van der Waals surface area contributed by atoms with E-state index >= 15 is 0 Å². The van der Waals surface area contributed by atoms with E-state index in [-0.39, 0.29) is 44.3 Å². The van der Waals surface area contributed by atoms with Crippen LogP contribution < -0.4 is 0 Å². The van der Waals surface area contributed by atoms with Gasteiger partial charge >= 0.3 is 17.9 Å². The lowest BCUT2D eigenvalue weighted by atomic mass is 10.3. The highest BCUT2D eigenvalue weighted by Gasteiger charge is 2.24. The Morgan fingerprint density at radius 1 is 1.10 bits per heavy atom. The molecule has 1 rings (SSSR count). The highest BCUT2D eigenvalue weighted by Crippen LogP contribution is 2.09. The molecule has 7 nitrogen and oxygen atoms in total. The van der Waals surface area contributed by atoms with Gasteiger partial charge in [0.2, 0.25) is 0 Å². The van der Waals surface area contributed by atoms with Gasteiger partial charge in [0.1, 0.15) is 25.9 Å². The van der Waals surface area contributed by atoms with Gasteiger partial charge in [0.25, 0.3) is 0 Å². The number of epoxide rings is 1. The van der Waals surface area contributed by atoms with Gasteiger partial charge in [-0.3, -0.25) is 9.59 Å². The number of rotatable bonds is 9. The van der Waals surface area contributed by atoms with Crippen LogP contribution in [0.1, 0.15) is 19.8 Å². The van der Waals surface area contributed by atoms with E-state index in [1.54, 1.807) is 0 Å². The van der Waals surface area contributed by atoms with E-state index in [9.17, 15) is 14.4 Å². The molecule has 0 radical (unpaired) electrons. The van der Waals surface area contributed by atoms with Crippen LogP contribution in [0.15, 0.2) is 12.2 Å². The predicted molar refractivity (Wildman–Crippen MR) is 66.7 cm³/mol. The van der Waals surface area contributed by atoms with Crippen molar-refractivity contribution in [2.75, 3.05) is 26.4 Å². The third-order valence-corrected chi connectivity index (χ3v) is 2.29. The van der Waals surface area contributed by atoms with Gasteiger partial charge in [-0.25, -0.2) is 4.79 Å². The first-order valence-electron chi connectivity index (χ1n) is 6.24. The quantitative estimate of drug-likeness (QED) is 0.199. The average molecular weight is 286 g/mol. The van der Waals surface area contributed by atoms with Gasteiger partial charge in [-0.05, 0) is 6.92 Å². The molecule has 1 fully saturated rings. The summed E-state index contributed by atoms with van der Waals surface area (Å²) in [6.45, 7) is 5.67. The van der Waals surface area contributed by atoms with Crippen LogP contribution >= 0.6 is 0 Å². The molecule has 0 aromatic heterocycles. The van der Waals surface area contributed by atoms with E-state index in [1.165, 1.54) is 6.92 Å². The lowest BCUT2D eigenvalue weighted by Crippen LogP contribution is -2.16. The molecule has 20 heavy (non-hydrogen) atoms. The fourth-order valence-corrected chi connectivity index (χ4v) is 1.11. The standard InChI is InChI=1S/C13H18O7/c1-9(2)13(16)18-6-5-17-11(14)3-4-12(15)20-8-10-7-19-10/h10H,1,3-8H2,2H3. The summed E-state index contributed by atoms with van der Waals surface area (Å²) in [7, 11) is 0. The van der Waals surface area contributed by atoms with Crippen LogP contribution in [0.2, 0.25) is 0 Å². The zero-order valence-corrected chi connectivity index (χ0v) is 11.4. The third kappa shape index (κ3) is 7.52. The highest BCUT2D eigenvalue weighted by atomic mass is 16.6. The van der Waals surface area contributed by atoms with Crippen LogP contribution in [-0.2, 0) is 33.3 Å². The van der Waals surface area contributed by atoms with Gasteiger partial charge in [0.15, 0.2) is 0 Å². The minimum atomic E-state index is -0.545. The first-order valence-corrected chi connectivity index (χ1v) is 6.24. The molecule has 0 aromatic carbocycles. The number of esters is 3. The van der Waals surface area contributed by atoms with Crippen molar-refractivity contribution in [2.24, 2.45) is 0 Å². The summed E-state index contributed by atoms with van der Waals surface area (Å²) in [5, 5.41) is 0. The van der Waals surface area contributed by atoms with Crippen LogP contribution in [0.4, 0.5) is 0 Å². The Bertz CT molecular complexity index is 384. The second kappa shape index (κ2) is 8.31. The minimum absolute atomic E-state index is 0.00824. The third-order valence-electron chi connectivity index (χ3n) is 2.29. The summed E-state index contributed by atoms with van der Waals surface area (Å²) < 4.78 is 19.2. The van der Waals surface area contributed by atoms with Gasteiger partial charge in [-0.1, -0.05) is 6.58 Å². The first-order chi connectivity index (χ1) is 9.49. The van der Waals surface area contributed by atoms with Gasteiger partial charge in [-0.2, -0.15) is 0 Å². The molecule has 1 aliphatic heterocycles. The topological polar surface area (TPSA) is 91.4 Å². The Morgan fingerprint density at radius 2 is 1.65 bits per heavy atom. The normalized spacial score (nSPS) is 16.1. The number of carbonyl (C=O) groups excluding carboxylic acids is 3. The minimum Gasteiger partial charge on any atom is -0.463 e. The predicted octanol–water partition coefficient (Wildman–Crippen LogP) is 0.371. The molecular weight excluding hydrogens is 268 g/mol. The lowest BCUT2D eigenvalue weighted by Gasteiger charge is -2.06. The van der Waals surface area contributed by atoms with Gasteiger partial charge in [-0.15, -0.1) is 0 Å². The highest BCUT2D eigenvalue weighted by molar-refractivity contribution is 5.86. The van der Waals surface area contributed by atoms with Crippen LogP contribution in [0.5, 0.6) is 0 Å². The fourth-order valence-electron chi connectivity index (χ4n) is 1.11. The molecule has 1 saturated heterocycles. The molecule has 7 heteroatoms. The monoisotopic (exact) mass is 286 g/mol. The molecule has 0 amide bonds. The number of hydrogen-bond acceptors (Lipinski definition) is 7. The van der Waals surface area contributed by atoms with Crippen molar-refractivity contribution in [3.05, 3.63) is 12.2 Å². The van der Waals surface area contributed by atoms with E-state index in [0.717, 1.165) is 0 Å². The summed E-state index contributed by atoms with van der Waals surface area (Å²) in [5.74, 6) is -1.55. The van der Waals surface area contributed by atoms with E-state index in [4.69, 9.17) is 18.9 Å². The average Bonchev–Trinajstić information content (AvgIpc) is 3.22. The summed E-state index contributed by atoms with van der Waals surface area (Å²) >= 11 is 0. The van der Waals surface area contributed by atoms with E-state index in [0.29, 0.717) is 6.61 Å². The second-order valence-electron chi connectivity index (χ2n) is 4.28. The fraction of sp³-hybridized carbons (Fsp3) is 0.615. The Morgan fingerprint density at radius 3 is 2.20 bits per heavy atom. The molecule has 0 aliphatic carbocycles. The van der Waals surface area contributed by atoms with Gasteiger partial charge in [0, 0.05) is 5.57 Å². The Labute approximate surface area is 116 Å². The van der Waals surface area contributed by atoms with Crippen LogP contribution in [0.25, 0.3) is 0 Å². The number of carbonyl (C=O) groups is 3. The largest absolute Gasteiger partial charge is 0.463 e. The summed E-state index contributed by atoms with van der Waals surface area (Å²) in [6, 6.07) is 0. The Hall–Kier alpha value is -1.89. The van der Waals surface area contributed by atoms with Crippen LogP contribution in [-0.4, -0.2) is 50.4 Å². The van der Waals surface area contributed by atoms with Crippen molar-refractivity contribution < 1.29 is 33.3 Å². The van der Waals surface area contributed by atoms with Crippen molar-refractivity contribution in [1.82, 2.24) is 0 Å². The summed E-state index contributed by atoms with van der Waals surface area (Å²) in [4.78, 5) is 33.5. The maximum absolute atomic E-state index is 11.3. The molecule has 1 heterocycles. The van der Waals surface area contributed by atoms with Crippen molar-refractivity contribution in [3.8, 4) is 0 Å². The lowest BCUT2D eigenvalue weighted by molar-refractivity contribution is -0.153. The molecule has 0 saturated carbocycles. The smallest absolute Gasteiger partial charge is 0.333 e. The summed E-state index contributed by atoms with van der Waals surface area (Å²) in [5.41, 5.74) is 0.277. The van der Waals surface area contributed by atoms with Crippen molar-refractivity contribution in [3.63, 3.8) is 0 Å². The van der Waals surface area contributed by atoms with Crippen molar-refractivity contribution in [2.45, 2.75) is 25.9 Å². The molecule has 1 aliphatic rings. The maximum atomic E-state index is 11.3. The van der Waals surface area contributed by atoms with Gasteiger partial charge < -0.3 is 18.9 Å². The molecule has 1 unspecified atom stereocenters. The van der Waals surface area contributed by atoms with Gasteiger partial charge in [0.05, 0.1) is 19.4 Å². The Balaban J connectivity index is 1.97. The molecule has 1 atom stereocenters. The van der Waals surface area contributed by atoms with E-state index in [1.807, 2.05) is 0 Å². The zero-order chi connectivity index (χ0) is 15.0. The zero-order valence-electron chi connectivity index (χ0n) is 11.4. The molecule has 0 aromatic rings.